The third kappa shape index (κ3) is 4.67. The van der Waals surface area contributed by atoms with Crippen molar-refractivity contribution in [3.8, 4) is 0 Å². The second-order valence-electron chi connectivity index (χ2n) is 4.16. The minimum atomic E-state index is 0.138. The Hall–Kier alpha value is -0.540. The smallest absolute Gasteiger partial charge is 0.0632 e. The van der Waals surface area contributed by atoms with Crippen LogP contribution in [-0.4, -0.2) is 17.8 Å². The summed E-state index contributed by atoms with van der Waals surface area (Å²) in [5.74, 6) is 0.585. The van der Waals surface area contributed by atoms with Gasteiger partial charge in [0, 0.05) is 16.2 Å². The van der Waals surface area contributed by atoms with Crippen LogP contribution in [0, 0.1) is 5.92 Å². The Bertz CT molecular complexity index is 301. The summed E-state index contributed by atoms with van der Waals surface area (Å²) in [7, 11) is 0. The molecule has 0 saturated heterocycles. The molecule has 1 unspecified atom stereocenters. The number of nitrogens with one attached hydrogen (secondary N) is 1. The van der Waals surface area contributed by atoms with E-state index in [0.717, 1.165) is 16.6 Å². The van der Waals surface area contributed by atoms with Crippen molar-refractivity contribution >= 4 is 21.6 Å². The first kappa shape index (κ1) is 12.5. The minimum absolute atomic E-state index is 0.138. The van der Waals surface area contributed by atoms with Crippen molar-refractivity contribution in [3.63, 3.8) is 0 Å². The Labute approximate surface area is 99.8 Å². The first-order valence-electron chi connectivity index (χ1n) is 5.24. The van der Waals surface area contributed by atoms with Gasteiger partial charge < -0.3 is 10.4 Å². The zero-order chi connectivity index (χ0) is 11.3. The summed E-state index contributed by atoms with van der Waals surface area (Å²) in [6.45, 7) is 4.49. The molecule has 3 heteroatoms. The lowest BCUT2D eigenvalue weighted by atomic mass is 10.0. The summed E-state index contributed by atoms with van der Waals surface area (Å²) in [6.07, 6.45) is 0.975. The zero-order valence-electron chi connectivity index (χ0n) is 9.20. The van der Waals surface area contributed by atoms with Crippen molar-refractivity contribution in [2.24, 2.45) is 5.92 Å². The first-order chi connectivity index (χ1) is 7.11. The van der Waals surface area contributed by atoms with E-state index < -0.39 is 0 Å². The molecule has 0 aromatic heterocycles. The van der Waals surface area contributed by atoms with Crippen LogP contribution in [0.4, 0.5) is 5.69 Å². The molecule has 0 aliphatic carbocycles. The van der Waals surface area contributed by atoms with Crippen LogP contribution in [0.1, 0.15) is 20.3 Å². The van der Waals surface area contributed by atoms with E-state index in [-0.39, 0.29) is 12.6 Å². The third-order valence-corrected chi connectivity index (χ3v) is 2.66. The van der Waals surface area contributed by atoms with Crippen LogP contribution in [0.15, 0.2) is 28.7 Å². The summed E-state index contributed by atoms with van der Waals surface area (Å²) in [5, 5.41) is 12.6. The van der Waals surface area contributed by atoms with Gasteiger partial charge in [0.2, 0.25) is 0 Å². The van der Waals surface area contributed by atoms with Crippen LogP contribution in [0.3, 0.4) is 0 Å². The van der Waals surface area contributed by atoms with E-state index in [9.17, 15) is 5.11 Å². The third-order valence-electron chi connectivity index (χ3n) is 2.17. The molecule has 0 fully saturated rings. The highest BCUT2D eigenvalue weighted by molar-refractivity contribution is 9.10. The number of hydrogen-bond acceptors (Lipinski definition) is 2. The molecule has 0 amide bonds. The molecule has 0 bridgehead atoms. The molecular weight excluding hydrogens is 254 g/mol. The normalized spacial score (nSPS) is 12.9. The van der Waals surface area contributed by atoms with Crippen LogP contribution in [0.25, 0.3) is 0 Å². The van der Waals surface area contributed by atoms with Gasteiger partial charge in [-0.15, -0.1) is 0 Å². The number of rotatable bonds is 5. The molecule has 1 rings (SSSR count). The van der Waals surface area contributed by atoms with Crippen LogP contribution >= 0.6 is 15.9 Å². The van der Waals surface area contributed by atoms with Crippen molar-refractivity contribution in [1.82, 2.24) is 0 Å². The summed E-state index contributed by atoms with van der Waals surface area (Å²) < 4.78 is 1.05. The molecule has 84 valence electrons. The molecule has 0 saturated carbocycles. The van der Waals surface area contributed by atoms with Gasteiger partial charge in [-0.3, -0.25) is 0 Å². The van der Waals surface area contributed by atoms with Gasteiger partial charge in [-0.05, 0) is 30.5 Å². The fraction of sp³-hybridized carbons (Fsp3) is 0.500. The Balaban J connectivity index is 2.58. The molecule has 15 heavy (non-hydrogen) atoms. The van der Waals surface area contributed by atoms with Gasteiger partial charge in [0.05, 0.1) is 6.61 Å². The lowest BCUT2D eigenvalue weighted by Crippen LogP contribution is -2.25. The van der Waals surface area contributed by atoms with E-state index in [1.165, 1.54) is 0 Å². The van der Waals surface area contributed by atoms with Gasteiger partial charge in [0.15, 0.2) is 0 Å². The van der Waals surface area contributed by atoms with Crippen molar-refractivity contribution in [2.75, 3.05) is 11.9 Å². The van der Waals surface area contributed by atoms with E-state index in [0.29, 0.717) is 5.92 Å². The molecule has 0 heterocycles. The van der Waals surface area contributed by atoms with Crippen molar-refractivity contribution < 1.29 is 5.11 Å². The highest BCUT2D eigenvalue weighted by Crippen LogP contribution is 2.18. The van der Waals surface area contributed by atoms with Crippen molar-refractivity contribution in [1.29, 1.82) is 0 Å². The molecule has 0 spiro atoms. The molecule has 0 aliphatic heterocycles. The molecule has 1 aromatic carbocycles. The maximum Gasteiger partial charge on any atom is 0.0632 e. The molecule has 2 N–H and O–H groups in total. The van der Waals surface area contributed by atoms with Crippen LogP contribution < -0.4 is 5.32 Å². The highest BCUT2D eigenvalue weighted by Gasteiger charge is 2.09. The van der Waals surface area contributed by atoms with Crippen LogP contribution in [-0.2, 0) is 0 Å². The average molecular weight is 272 g/mol. The quantitative estimate of drug-likeness (QED) is 0.862. The van der Waals surface area contributed by atoms with E-state index in [1.807, 2.05) is 24.3 Å². The topological polar surface area (TPSA) is 32.3 Å². The number of hydrogen-bond donors (Lipinski definition) is 2. The zero-order valence-corrected chi connectivity index (χ0v) is 10.8. The van der Waals surface area contributed by atoms with Crippen LogP contribution in [0.2, 0.25) is 0 Å². The Morgan fingerprint density at radius 2 is 2.13 bits per heavy atom. The lowest BCUT2D eigenvalue weighted by molar-refractivity contribution is 0.259. The Kier molecular flexibility index (Phi) is 5.12. The molecule has 0 aliphatic rings. The predicted octanol–water partition coefficient (Wildman–Crippen LogP) is 3.27. The minimum Gasteiger partial charge on any atom is -0.394 e. The first-order valence-corrected chi connectivity index (χ1v) is 6.04. The van der Waals surface area contributed by atoms with E-state index in [1.54, 1.807) is 0 Å². The summed E-state index contributed by atoms with van der Waals surface area (Å²) in [4.78, 5) is 0. The van der Waals surface area contributed by atoms with Crippen molar-refractivity contribution in [2.45, 2.75) is 26.3 Å². The van der Waals surface area contributed by atoms with Gasteiger partial charge in [0.25, 0.3) is 0 Å². The molecule has 0 radical (unpaired) electrons. The number of benzene rings is 1. The molecular formula is C12H18BrNO. The van der Waals surface area contributed by atoms with Gasteiger partial charge >= 0.3 is 0 Å². The summed E-state index contributed by atoms with van der Waals surface area (Å²) in [6, 6.07) is 8.13. The van der Waals surface area contributed by atoms with E-state index in [2.05, 4.69) is 35.1 Å². The average Bonchev–Trinajstić information content (AvgIpc) is 2.16. The Morgan fingerprint density at radius 1 is 1.40 bits per heavy atom. The predicted molar refractivity (Wildman–Crippen MR) is 68.1 cm³/mol. The summed E-state index contributed by atoms with van der Waals surface area (Å²) in [5.41, 5.74) is 1.05. The van der Waals surface area contributed by atoms with Gasteiger partial charge in [-0.1, -0.05) is 35.8 Å². The monoisotopic (exact) mass is 271 g/mol. The maximum atomic E-state index is 9.23. The molecule has 2 nitrogen and oxygen atoms in total. The highest BCUT2D eigenvalue weighted by atomic mass is 79.9. The molecule has 1 aromatic rings. The van der Waals surface area contributed by atoms with E-state index in [4.69, 9.17) is 0 Å². The number of halogens is 1. The fourth-order valence-electron chi connectivity index (χ4n) is 1.56. The van der Waals surface area contributed by atoms with Gasteiger partial charge in [0.1, 0.15) is 0 Å². The van der Waals surface area contributed by atoms with E-state index >= 15 is 0 Å². The second kappa shape index (κ2) is 6.13. The number of aliphatic hydroxyl groups excluding tert-OH is 1. The molecule has 1 atom stereocenters. The van der Waals surface area contributed by atoms with Crippen molar-refractivity contribution in [3.05, 3.63) is 28.7 Å². The number of aliphatic hydroxyl groups is 1. The number of anilines is 1. The summed E-state index contributed by atoms with van der Waals surface area (Å²) >= 11 is 3.42. The standard InChI is InChI=1S/C12H18BrNO/c1-9(2)6-12(8-15)14-11-5-3-4-10(13)7-11/h3-5,7,9,12,14-15H,6,8H2,1-2H3. The lowest BCUT2D eigenvalue weighted by Gasteiger charge is -2.19. The largest absolute Gasteiger partial charge is 0.394 e. The Morgan fingerprint density at radius 3 is 2.67 bits per heavy atom. The fourth-order valence-corrected chi connectivity index (χ4v) is 1.96. The van der Waals surface area contributed by atoms with Gasteiger partial charge in [-0.25, -0.2) is 0 Å². The van der Waals surface area contributed by atoms with Crippen LogP contribution in [0.5, 0.6) is 0 Å². The van der Waals surface area contributed by atoms with Gasteiger partial charge in [-0.2, -0.15) is 0 Å². The SMILES string of the molecule is CC(C)CC(CO)Nc1cccc(Br)c1. The maximum absolute atomic E-state index is 9.23. The second-order valence-corrected chi connectivity index (χ2v) is 5.08.